The van der Waals surface area contributed by atoms with Crippen LogP contribution >= 0.6 is 0 Å². The summed E-state index contributed by atoms with van der Waals surface area (Å²) in [4.78, 5) is 0. The van der Waals surface area contributed by atoms with Crippen LogP contribution in [0.3, 0.4) is 0 Å². The maximum Gasteiger partial charge on any atom is 0.416 e. The van der Waals surface area contributed by atoms with Crippen LogP contribution in [-0.2, 0) is 19.0 Å². The van der Waals surface area contributed by atoms with Gasteiger partial charge in [0.25, 0.3) is 0 Å². The molecule has 1 nitrogen and oxygen atoms in total. The van der Waals surface area contributed by atoms with Crippen molar-refractivity contribution in [2.75, 3.05) is 7.05 Å². The molecule has 1 unspecified atom stereocenters. The van der Waals surface area contributed by atoms with Crippen molar-refractivity contribution < 1.29 is 13.2 Å². The summed E-state index contributed by atoms with van der Waals surface area (Å²) in [6.07, 6.45) is -0.638. The van der Waals surface area contributed by atoms with E-state index in [0.29, 0.717) is 24.0 Å². The third-order valence-electron chi connectivity index (χ3n) is 5.85. The maximum atomic E-state index is 13.5. The Morgan fingerprint density at radius 3 is 2.25 bits per heavy atom. The smallest absolute Gasteiger partial charge is 0.394 e. The maximum absolute atomic E-state index is 13.5. The van der Waals surface area contributed by atoms with Gasteiger partial charge < -0.3 is 5.32 Å². The molecule has 0 heterocycles. The number of aryl methyl sites for hydroxylation is 3. The molecule has 4 heteroatoms. The van der Waals surface area contributed by atoms with Crippen LogP contribution in [0, 0.1) is 13.8 Å². The Balaban J connectivity index is 2.35. The third-order valence-corrected chi connectivity index (χ3v) is 5.85. The highest BCUT2D eigenvalue weighted by atomic mass is 19.4. The molecule has 0 aliphatic heterocycles. The van der Waals surface area contributed by atoms with Gasteiger partial charge in [0.15, 0.2) is 0 Å². The molecule has 0 saturated carbocycles. The summed E-state index contributed by atoms with van der Waals surface area (Å²) in [5.74, 6) is 0.124. The fourth-order valence-electron chi connectivity index (χ4n) is 4.21. The number of halogens is 3. The largest absolute Gasteiger partial charge is 0.416 e. The van der Waals surface area contributed by atoms with Gasteiger partial charge in [0.2, 0.25) is 0 Å². The highest BCUT2D eigenvalue weighted by Crippen LogP contribution is 2.36. The van der Waals surface area contributed by atoms with E-state index in [9.17, 15) is 13.2 Å². The van der Waals surface area contributed by atoms with E-state index >= 15 is 0 Å². The van der Waals surface area contributed by atoms with E-state index in [2.05, 4.69) is 36.7 Å². The standard InChI is InChI=1S/C28H34F3N/c1-18(2)15-25(26(17-32-7)19(3)4)23-12-11-22(21(6)16-23)13-14-24-20(5)9-8-10-27(24)28(29,30)31/h8-12,16-17,25,32H,1,3,13-15H2,2,4-7H3/b26-17+. The Kier molecular flexibility index (Phi) is 8.54. The molecule has 0 saturated heterocycles. The first-order valence-corrected chi connectivity index (χ1v) is 10.9. The van der Waals surface area contributed by atoms with E-state index in [1.165, 1.54) is 12.1 Å². The lowest BCUT2D eigenvalue weighted by atomic mass is 9.82. The summed E-state index contributed by atoms with van der Waals surface area (Å²) in [6, 6.07) is 10.7. The predicted octanol–water partition coefficient (Wildman–Crippen LogP) is 7.84. The average molecular weight is 442 g/mol. The molecule has 32 heavy (non-hydrogen) atoms. The van der Waals surface area contributed by atoms with Crippen molar-refractivity contribution >= 4 is 0 Å². The predicted molar refractivity (Wildman–Crippen MR) is 129 cm³/mol. The lowest BCUT2D eigenvalue weighted by Gasteiger charge is -2.23. The fourth-order valence-corrected chi connectivity index (χ4v) is 4.21. The van der Waals surface area contributed by atoms with Gasteiger partial charge >= 0.3 is 6.18 Å². The minimum Gasteiger partial charge on any atom is -0.394 e. The molecule has 2 rings (SSSR count). The fraction of sp³-hybridized carbons (Fsp3) is 0.357. The molecule has 1 atom stereocenters. The Morgan fingerprint density at radius 2 is 1.72 bits per heavy atom. The van der Waals surface area contributed by atoms with Crippen LogP contribution < -0.4 is 5.32 Å². The summed E-state index contributed by atoms with van der Waals surface area (Å²) in [6.45, 7) is 16.0. The van der Waals surface area contributed by atoms with Gasteiger partial charge in [-0.2, -0.15) is 13.2 Å². The first kappa shape index (κ1) is 25.5. The molecule has 0 aliphatic carbocycles. The molecule has 2 aromatic carbocycles. The van der Waals surface area contributed by atoms with E-state index in [1.807, 2.05) is 34.0 Å². The quantitative estimate of drug-likeness (QED) is 0.309. The molecule has 0 aromatic heterocycles. The van der Waals surface area contributed by atoms with Crippen molar-refractivity contribution in [2.24, 2.45) is 0 Å². The van der Waals surface area contributed by atoms with Crippen molar-refractivity contribution in [1.82, 2.24) is 5.32 Å². The summed E-state index contributed by atoms with van der Waals surface area (Å²) in [7, 11) is 1.87. The molecular formula is C28H34F3N. The number of allylic oxidation sites excluding steroid dienone is 3. The van der Waals surface area contributed by atoms with Crippen LogP contribution in [0.5, 0.6) is 0 Å². The number of alkyl halides is 3. The van der Waals surface area contributed by atoms with Crippen LogP contribution in [0.25, 0.3) is 0 Å². The third kappa shape index (κ3) is 6.38. The van der Waals surface area contributed by atoms with E-state index in [0.717, 1.165) is 39.8 Å². The molecule has 172 valence electrons. The summed E-state index contributed by atoms with van der Waals surface area (Å²) >= 11 is 0. The van der Waals surface area contributed by atoms with Gasteiger partial charge in [-0.1, -0.05) is 48.1 Å². The molecule has 2 aromatic rings. The highest BCUT2D eigenvalue weighted by Gasteiger charge is 2.33. The number of rotatable bonds is 9. The van der Waals surface area contributed by atoms with E-state index in [1.54, 1.807) is 13.0 Å². The second-order valence-electron chi connectivity index (χ2n) is 8.67. The Labute approximate surface area is 190 Å². The van der Waals surface area contributed by atoms with Crippen molar-refractivity contribution in [3.05, 3.63) is 106 Å². The zero-order chi connectivity index (χ0) is 24.1. The molecule has 1 N–H and O–H groups in total. The molecule has 0 fully saturated rings. The minimum absolute atomic E-state index is 0.124. The lowest BCUT2D eigenvalue weighted by molar-refractivity contribution is -0.138. The zero-order valence-corrected chi connectivity index (χ0v) is 19.8. The van der Waals surface area contributed by atoms with E-state index in [4.69, 9.17) is 0 Å². The first-order chi connectivity index (χ1) is 15.0. The summed E-state index contributed by atoms with van der Waals surface area (Å²) in [5, 5.41) is 3.12. The van der Waals surface area contributed by atoms with Gasteiger partial charge in [0, 0.05) is 19.2 Å². The highest BCUT2D eigenvalue weighted by molar-refractivity contribution is 5.44. The second kappa shape index (κ2) is 10.7. The monoisotopic (exact) mass is 441 g/mol. The van der Waals surface area contributed by atoms with E-state index < -0.39 is 11.7 Å². The Bertz CT molecular complexity index is 1010. The van der Waals surface area contributed by atoms with Crippen LogP contribution in [0.15, 0.2) is 72.5 Å². The van der Waals surface area contributed by atoms with Gasteiger partial charge in [0.1, 0.15) is 0 Å². The second-order valence-corrected chi connectivity index (χ2v) is 8.67. The molecule has 0 amide bonds. The Hall–Kier alpha value is -2.75. The van der Waals surface area contributed by atoms with Gasteiger partial charge in [-0.3, -0.25) is 0 Å². The van der Waals surface area contributed by atoms with Crippen molar-refractivity contribution in [1.29, 1.82) is 0 Å². The Morgan fingerprint density at radius 1 is 1.03 bits per heavy atom. The van der Waals surface area contributed by atoms with Gasteiger partial charge in [-0.25, -0.2) is 0 Å². The lowest BCUT2D eigenvalue weighted by Crippen LogP contribution is -2.12. The molecule has 0 radical (unpaired) electrons. The summed E-state index contributed by atoms with van der Waals surface area (Å²) in [5.41, 5.74) is 7.03. The number of hydrogen-bond donors (Lipinski definition) is 1. The molecule has 0 bridgehead atoms. The van der Waals surface area contributed by atoms with Crippen LogP contribution in [-0.4, -0.2) is 7.05 Å². The zero-order valence-electron chi connectivity index (χ0n) is 19.8. The molecule has 0 spiro atoms. The summed E-state index contributed by atoms with van der Waals surface area (Å²) < 4.78 is 40.4. The van der Waals surface area contributed by atoms with Gasteiger partial charge in [-0.05, 0) is 86.4 Å². The number of hydrogen-bond acceptors (Lipinski definition) is 1. The first-order valence-electron chi connectivity index (χ1n) is 10.9. The average Bonchev–Trinajstić information content (AvgIpc) is 2.69. The van der Waals surface area contributed by atoms with Crippen LogP contribution in [0.1, 0.15) is 59.6 Å². The molecular weight excluding hydrogens is 407 g/mol. The minimum atomic E-state index is -4.34. The van der Waals surface area contributed by atoms with E-state index in [-0.39, 0.29) is 5.92 Å². The van der Waals surface area contributed by atoms with Crippen molar-refractivity contribution in [3.8, 4) is 0 Å². The number of benzene rings is 2. The SMILES string of the molecule is C=C(C)CC(/C(=C/NC)C(=C)C)c1ccc(CCc2c(C)cccc2C(F)(F)F)c(C)c1. The number of nitrogens with one attached hydrogen (secondary N) is 1. The van der Waals surface area contributed by atoms with Crippen molar-refractivity contribution in [3.63, 3.8) is 0 Å². The van der Waals surface area contributed by atoms with Gasteiger partial charge in [0.05, 0.1) is 5.56 Å². The van der Waals surface area contributed by atoms with Crippen LogP contribution in [0.2, 0.25) is 0 Å². The van der Waals surface area contributed by atoms with Crippen molar-refractivity contribution in [2.45, 2.75) is 59.1 Å². The topological polar surface area (TPSA) is 12.0 Å². The normalized spacial score (nSPS) is 13.1. The van der Waals surface area contributed by atoms with Gasteiger partial charge in [-0.15, -0.1) is 6.58 Å². The molecule has 0 aliphatic rings. The van der Waals surface area contributed by atoms with Crippen LogP contribution in [0.4, 0.5) is 13.2 Å².